The molecule has 1 unspecified atom stereocenters. The number of halogens is 2. The summed E-state index contributed by atoms with van der Waals surface area (Å²) in [6, 6.07) is 8.01. The minimum absolute atomic E-state index is 0.0293. The van der Waals surface area contributed by atoms with Crippen molar-refractivity contribution in [2.75, 3.05) is 17.9 Å². The summed E-state index contributed by atoms with van der Waals surface area (Å²) in [6.45, 7) is 0.329. The fourth-order valence-corrected chi connectivity index (χ4v) is 4.82. The number of carbonyl (C=O) groups is 2. The van der Waals surface area contributed by atoms with Crippen LogP contribution in [-0.4, -0.2) is 44.8 Å². The fraction of sp³-hybridized carbons (Fsp3) is 0.300. The first-order valence-corrected chi connectivity index (χ1v) is 11.1. The quantitative estimate of drug-likeness (QED) is 0.752. The van der Waals surface area contributed by atoms with E-state index in [0.29, 0.717) is 19.4 Å². The zero-order valence-electron chi connectivity index (χ0n) is 16.2. The molecular weight excluding hydrogens is 433 g/mol. The Morgan fingerprint density at radius 2 is 1.83 bits per heavy atom. The summed E-state index contributed by atoms with van der Waals surface area (Å²) in [7, 11) is -2.72. The summed E-state index contributed by atoms with van der Waals surface area (Å²) in [5, 5.41) is 0.0668. The molecule has 30 heavy (non-hydrogen) atoms. The number of likely N-dealkylation sites (tertiary alicyclic amines) is 1. The summed E-state index contributed by atoms with van der Waals surface area (Å²) in [4.78, 5) is 26.0. The van der Waals surface area contributed by atoms with Gasteiger partial charge < -0.3 is 10.6 Å². The lowest BCUT2D eigenvalue weighted by Gasteiger charge is -2.34. The maximum absolute atomic E-state index is 13.2. The molecule has 1 fully saturated rings. The molecule has 0 aliphatic carbocycles. The first-order valence-electron chi connectivity index (χ1n) is 9.27. The predicted octanol–water partition coefficient (Wildman–Crippen LogP) is 2.78. The number of sulfonamides is 1. The summed E-state index contributed by atoms with van der Waals surface area (Å²) < 4.78 is 40.2. The first-order chi connectivity index (χ1) is 14.1. The van der Waals surface area contributed by atoms with Gasteiger partial charge in [0.25, 0.3) is 15.9 Å². The minimum atomic E-state index is -4.05. The second kappa shape index (κ2) is 8.61. The highest BCUT2D eigenvalue weighted by Gasteiger charge is 2.33. The van der Waals surface area contributed by atoms with E-state index >= 15 is 0 Å². The van der Waals surface area contributed by atoms with E-state index in [1.54, 1.807) is 0 Å². The van der Waals surface area contributed by atoms with Crippen LogP contribution >= 0.6 is 11.6 Å². The molecule has 0 saturated carbocycles. The van der Waals surface area contributed by atoms with Gasteiger partial charge in [-0.2, -0.15) is 0 Å². The van der Waals surface area contributed by atoms with Gasteiger partial charge in [0.15, 0.2) is 0 Å². The first kappa shape index (κ1) is 22.0. The summed E-state index contributed by atoms with van der Waals surface area (Å²) in [6.07, 6.45) is 1.92. The van der Waals surface area contributed by atoms with Gasteiger partial charge in [-0.1, -0.05) is 11.6 Å². The van der Waals surface area contributed by atoms with Crippen LogP contribution in [0.5, 0.6) is 0 Å². The average Bonchev–Trinajstić information content (AvgIpc) is 2.73. The van der Waals surface area contributed by atoms with E-state index in [1.165, 1.54) is 42.3 Å². The number of primary amides is 1. The highest BCUT2D eigenvalue weighted by Crippen LogP contribution is 2.28. The van der Waals surface area contributed by atoms with E-state index in [-0.39, 0.29) is 21.2 Å². The molecule has 7 nitrogen and oxygen atoms in total. The fourth-order valence-electron chi connectivity index (χ4n) is 3.40. The summed E-state index contributed by atoms with van der Waals surface area (Å²) >= 11 is 6.19. The maximum atomic E-state index is 13.2. The van der Waals surface area contributed by atoms with E-state index in [0.717, 1.165) is 22.9 Å². The molecule has 2 aromatic carbocycles. The number of hydrogen-bond donors (Lipinski definition) is 1. The van der Waals surface area contributed by atoms with Gasteiger partial charge in [0.2, 0.25) is 5.91 Å². The Balaban J connectivity index is 1.97. The predicted molar refractivity (Wildman–Crippen MR) is 111 cm³/mol. The van der Waals surface area contributed by atoms with Gasteiger partial charge in [0.05, 0.1) is 21.2 Å². The Hall–Kier alpha value is -2.65. The van der Waals surface area contributed by atoms with E-state index in [2.05, 4.69) is 0 Å². The van der Waals surface area contributed by atoms with Crippen molar-refractivity contribution in [3.8, 4) is 0 Å². The van der Waals surface area contributed by atoms with Gasteiger partial charge >= 0.3 is 0 Å². The highest BCUT2D eigenvalue weighted by molar-refractivity contribution is 7.92. The van der Waals surface area contributed by atoms with Crippen molar-refractivity contribution in [1.29, 1.82) is 0 Å². The zero-order valence-corrected chi connectivity index (χ0v) is 17.8. The zero-order chi connectivity index (χ0) is 22.1. The van der Waals surface area contributed by atoms with Crippen molar-refractivity contribution in [2.24, 2.45) is 5.73 Å². The molecule has 2 amide bonds. The third-order valence-electron chi connectivity index (χ3n) is 5.11. The van der Waals surface area contributed by atoms with E-state index in [4.69, 9.17) is 17.3 Å². The molecule has 0 spiro atoms. The molecule has 10 heteroatoms. The van der Waals surface area contributed by atoms with Crippen LogP contribution in [0.1, 0.15) is 29.6 Å². The lowest BCUT2D eigenvalue weighted by Crippen LogP contribution is -2.50. The van der Waals surface area contributed by atoms with Crippen LogP contribution in [0.15, 0.2) is 47.4 Å². The topological polar surface area (TPSA) is 101 Å². The van der Waals surface area contributed by atoms with Crippen molar-refractivity contribution in [3.05, 3.63) is 58.9 Å². The van der Waals surface area contributed by atoms with Gasteiger partial charge in [-0.25, -0.2) is 12.8 Å². The van der Waals surface area contributed by atoms with Gasteiger partial charge in [-0.3, -0.25) is 13.9 Å². The van der Waals surface area contributed by atoms with Crippen LogP contribution in [0.25, 0.3) is 0 Å². The normalized spacial score (nSPS) is 16.9. The van der Waals surface area contributed by atoms with E-state index in [9.17, 15) is 22.4 Å². The third-order valence-corrected chi connectivity index (χ3v) is 7.22. The second-order valence-electron chi connectivity index (χ2n) is 7.00. The molecule has 0 aromatic heterocycles. The Morgan fingerprint density at radius 3 is 2.47 bits per heavy atom. The number of nitrogens with zero attached hydrogens (tertiary/aromatic N) is 2. The van der Waals surface area contributed by atoms with Gasteiger partial charge in [-0.05, 0) is 61.7 Å². The number of benzene rings is 2. The molecule has 0 radical (unpaired) electrons. The molecule has 2 aromatic rings. The second-order valence-corrected chi connectivity index (χ2v) is 9.38. The Kier molecular flexibility index (Phi) is 6.33. The lowest BCUT2D eigenvalue weighted by molar-refractivity contribution is -0.123. The van der Waals surface area contributed by atoms with Crippen molar-refractivity contribution in [1.82, 2.24) is 4.90 Å². The van der Waals surface area contributed by atoms with Crippen LogP contribution in [0.4, 0.5) is 10.1 Å². The molecule has 0 bridgehead atoms. The van der Waals surface area contributed by atoms with Crippen molar-refractivity contribution in [2.45, 2.75) is 30.2 Å². The standard InChI is InChI=1S/C20H21ClFN3O4S/c1-24(14-7-5-13(22)6-8-14)30(28,29)15-9-10-17(21)16(12-15)20(27)25-11-3-2-4-18(25)19(23)26/h5-10,12,18H,2-4,11H2,1H3,(H2,23,26). The van der Waals surface area contributed by atoms with Crippen LogP contribution in [0.3, 0.4) is 0 Å². The van der Waals surface area contributed by atoms with Crippen LogP contribution < -0.4 is 10.0 Å². The van der Waals surface area contributed by atoms with Crippen molar-refractivity contribution >= 4 is 39.1 Å². The number of hydrogen-bond acceptors (Lipinski definition) is 4. The SMILES string of the molecule is CN(c1ccc(F)cc1)S(=O)(=O)c1ccc(Cl)c(C(=O)N2CCCCC2C(N)=O)c1. The number of carbonyl (C=O) groups excluding carboxylic acids is 2. The molecule has 2 N–H and O–H groups in total. The molecule has 1 saturated heterocycles. The summed E-state index contributed by atoms with van der Waals surface area (Å²) in [5.41, 5.74) is 5.65. The third kappa shape index (κ3) is 4.27. The van der Waals surface area contributed by atoms with Crippen LogP contribution in [-0.2, 0) is 14.8 Å². The number of amides is 2. The van der Waals surface area contributed by atoms with E-state index < -0.39 is 33.7 Å². The van der Waals surface area contributed by atoms with Gasteiger partial charge in [-0.15, -0.1) is 0 Å². The Labute approximate surface area is 179 Å². The Morgan fingerprint density at radius 1 is 1.17 bits per heavy atom. The summed E-state index contributed by atoms with van der Waals surface area (Å²) in [5.74, 6) is -1.65. The lowest BCUT2D eigenvalue weighted by atomic mass is 10.0. The molecule has 1 aliphatic rings. The van der Waals surface area contributed by atoms with Crippen molar-refractivity contribution in [3.63, 3.8) is 0 Å². The van der Waals surface area contributed by atoms with Crippen LogP contribution in [0.2, 0.25) is 5.02 Å². The average molecular weight is 454 g/mol. The number of anilines is 1. The number of piperidine rings is 1. The monoisotopic (exact) mass is 453 g/mol. The van der Waals surface area contributed by atoms with Crippen molar-refractivity contribution < 1.29 is 22.4 Å². The highest BCUT2D eigenvalue weighted by atomic mass is 35.5. The molecule has 160 valence electrons. The Bertz CT molecular complexity index is 1080. The smallest absolute Gasteiger partial charge is 0.264 e. The van der Waals surface area contributed by atoms with Gasteiger partial charge in [0, 0.05) is 13.6 Å². The molecular formula is C20H21ClFN3O4S. The number of rotatable bonds is 5. The minimum Gasteiger partial charge on any atom is -0.368 e. The molecule has 1 atom stereocenters. The van der Waals surface area contributed by atoms with E-state index in [1.807, 2.05) is 0 Å². The maximum Gasteiger partial charge on any atom is 0.264 e. The largest absolute Gasteiger partial charge is 0.368 e. The number of nitrogens with two attached hydrogens (primary N) is 1. The molecule has 1 aliphatic heterocycles. The molecule has 3 rings (SSSR count). The molecule has 1 heterocycles. The van der Waals surface area contributed by atoms with Gasteiger partial charge in [0.1, 0.15) is 11.9 Å². The van der Waals surface area contributed by atoms with Crippen LogP contribution in [0, 0.1) is 5.82 Å².